The van der Waals surface area contributed by atoms with Crippen LogP contribution in [-0.4, -0.2) is 43.0 Å². The normalized spacial score (nSPS) is 10.9. The first-order valence-corrected chi connectivity index (χ1v) is 9.75. The van der Waals surface area contributed by atoms with Gasteiger partial charge in [-0.25, -0.2) is 4.98 Å². The van der Waals surface area contributed by atoms with Crippen molar-refractivity contribution in [3.63, 3.8) is 0 Å². The second kappa shape index (κ2) is 12.9. The van der Waals surface area contributed by atoms with E-state index in [0.29, 0.717) is 30.2 Å². The van der Waals surface area contributed by atoms with Gasteiger partial charge in [0.25, 0.3) is 5.91 Å². The molecule has 6 nitrogen and oxygen atoms in total. The highest BCUT2D eigenvalue weighted by Crippen LogP contribution is 2.14. The Labute approximate surface area is 186 Å². The van der Waals surface area contributed by atoms with E-state index in [1.807, 2.05) is 20.0 Å². The highest BCUT2D eigenvalue weighted by atomic mass is 127. The smallest absolute Gasteiger partial charge is 0.252 e. The molecule has 0 aliphatic rings. The van der Waals surface area contributed by atoms with E-state index in [0.717, 1.165) is 23.9 Å². The van der Waals surface area contributed by atoms with Crippen molar-refractivity contribution >= 4 is 58.8 Å². The molecule has 0 radical (unpaired) electrons. The Morgan fingerprint density at radius 2 is 1.96 bits per heavy atom. The molecule has 0 unspecified atom stereocenters. The van der Waals surface area contributed by atoms with Crippen molar-refractivity contribution in [1.82, 2.24) is 20.9 Å². The number of guanidine groups is 1. The Morgan fingerprint density at radius 3 is 2.63 bits per heavy atom. The van der Waals surface area contributed by atoms with Crippen LogP contribution in [0.3, 0.4) is 0 Å². The van der Waals surface area contributed by atoms with Crippen LogP contribution >= 0.6 is 46.9 Å². The zero-order valence-corrected chi connectivity index (χ0v) is 19.3. The monoisotopic (exact) mass is 521 g/mol. The van der Waals surface area contributed by atoms with Gasteiger partial charge in [-0.2, -0.15) is 0 Å². The molecule has 2 rings (SSSR count). The lowest BCUT2D eigenvalue weighted by Gasteiger charge is -2.12. The number of rotatable bonds is 8. The summed E-state index contributed by atoms with van der Waals surface area (Å²) in [6.07, 6.45) is 2.70. The Kier molecular flexibility index (Phi) is 11.3. The van der Waals surface area contributed by atoms with Crippen LogP contribution in [0, 0.1) is 6.92 Å². The number of carbonyl (C=O) groups is 1. The first-order valence-electron chi connectivity index (χ1n) is 8.56. The van der Waals surface area contributed by atoms with Crippen molar-refractivity contribution in [3.8, 4) is 0 Å². The number of aryl methyl sites for hydroxylation is 1. The SMILES string of the molecule is CCNC(=NCCc1ncc(C)s1)NCCNC(=O)c1ccccc1Cl.I. The molecule has 0 aliphatic carbocycles. The topological polar surface area (TPSA) is 78.4 Å². The van der Waals surface area contributed by atoms with Crippen molar-refractivity contribution in [2.75, 3.05) is 26.2 Å². The number of benzene rings is 1. The number of nitrogens with one attached hydrogen (secondary N) is 3. The Balaban J connectivity index is 0.00000364. The minimum atomic E-state index is -0.182. The quantitative estimate of drug-likeness (QED) is 0.216. The fourth-order valence-corrected chi connectivity index (χ4v) is 3.22. The van der Waals surface area contributed by atoms with Gasteiger partial charge in [0, 0.05) is 43.7 Å². The molecule has 1 aromatic carbocycles. The molecule has 1 aromatic heterocycles. The zero-order valence-electron chi connectivity index (χ0n) is 15.4. The third-order valence-corrected chi connectivity index (χ3v) is 4.73. The number of aromatic nitrogens is 1. The number of aliphatic imine (C=N–C) groups is 1. The molecule has 0 fully saturated rings. The summed E-state index contributed by atoms with van der Waals surface area (Å²) in [4.78, 5) is 22.2. The van der Waals surface area contributed by atoms with Gasteiger partial charge in [-0.05, 0) is 26.0 Å². The van der Waals surface area contributed by atoms with E-state index in [-0.39, 0.29) is 29.9 Å². The largest absolute Gasteiger partial charge is 0.357 e. The van der Waals surface area contributed by atoms with Crippen LogP contribution in [-0.2, 0) is 6.42 Å². The van der Waals surface area contributed by atoms with Gasteiger partial charge < -0.3 is 16.0 Å². The van der Waals surface area contributed by atoms with Crippen LogP contribution in [0.1, 0.15) is 27.2 Å². The maximum atomic E-state index is 12.1. The van der Waals surface area contributed by atoms with E-state index in [4.69, 9.17) is 11.6 Å². The van der Waals surface area contributed by atoms with Crippen LogP contribution in [0.2, 0.25) is 5.02 Å². The minimum absolute atomic E-state index is 0. The molecule has 1 amide bonds. The summed E-state index contributed by atoms with van der Waals surface area (Å²) in [6, 6.07) is 7.00. The third-order valence-electron chi connectivity index (χ3n) is 3.43. The van der Waals surface area contributed by atoms with Gasteiger partial charge in [0.05, 0.1) is 15.6 Å². The van der Waals surface area contributed by atoms with E-state index in [1.165, 1.54) is 4.88 Å². The number of nitrogens with zero attached hydrogens (tertiary/aromatic N) is 2. The highest BCUT2D eigenvalue weighted by molar-refractivity contribution is 14.0. The second-order valence-corrected chi connectivity index (χ2v) is 7.26. The number of carbonyl (C=O) groups excluding carboxylic acids is 1. The third kappa shape index (κ3) is 8.44. The van der Waals surface area contributed by atoms with E-state index >= 15 is 0 Å². The maximum absolute atomic E-state index is 12.1. The van der Waals surface area contributed by atoms with E-state index in [2.05, 4.69) is 25.9 Å². The summed E-state index contributed by atoms with van der Waals surface area (Å²) in [5, 5.41) is 10.8. The lowest BCUT2D eigenvalue weighted by molar-refractivity contribution is 0.0954. The molecule has 3 N–H and O–H groups in total. The van der Waals surface area contributed by atoms with Gasteiger partial charge in [0.15, 0.2) is 5.96 Å². The first-order chi connectivity index (χ1) is 12.6. The van der Waals surface area contributed by atoms with Crippen molar-refractivity contribution in [2.24, 2.45) is 4.99 Å². The summed E-state index contributed by atoms with van der Waals surface area (Å²) < 4.78 is 0. The summed E-state index contributed by atoms with van der Waals surface area (Å²) in [5.74, 6) is 0.547. The molecule has 0 saturated heterocycles. The van der Waals surface area contributed by atoms with Gasteiger partial charge in [-0.1, -0.05) is 23.7 Å². The Bertz CT molecular complexity index is 753. The maximum Gasteiger partial charge on any atom is 0.252 e. The van der Waals surface area contributed by atoms with Gasteiger partial charge in [-0.3, -0.25) is 9.79 Å². The fraction of sp³-hybridized carbons (Fsp3) is 0.389. The van der Waals surface area contributed by atoms with Crippen LogP contribution in [0.15, 0.2) is 35.5 Å². The number of halogens is 2. The van der Waals surface area contributed by atoms with Gasteiger partial charge in [0.1, 0.15) is 0 Å². The van der Waals surface area contributed by atoms with Crippen LogP contribution in [0.5, 0.6) is 0 Å². The van der Waals surface area contributed by atoms with Gasteiger partial charge in [-0.15, -0.1) is 35.3 Å². The zero-order chi connectivity index (χ0) is 18.8. The van der Waals surface area contributed by atoms with Crippen molar-refractivity contribution in [1.29, 1.82) is 0 Å². The van der Waals surface area contributed by atoms with Crippen molar-refractivity contribution < 1.29 is 4.79 Å². The number of thiazole rings is 1. The van der Waals surface area contributed by atoms with Gasteiger partial charge >= 0.3 is 0 Å². The Hall–Kier alpha value is -1.39. The first kappa shape index (κ1) is 23.6. The lowest BCUT2D eigenvalue weighted by Crippen LogP contribution is -2.41. The molecule has 0 spiro atoms. The number of amides is 1. The summed E-state index contributed by atoms with van der Waals surface area (Å²) in [5.41, 5.74) is 0.480. The second-order valence-electron chi connectivity index (χ2n) is 5.54. The molecule has 27 heavy (non-hydrogen) atoms. The van der Waals surface area contributed by atoms with Crippen molar-refractivity contribution in [3.05, 3.63) is 50.9 Å². The van der Waals surface area contributed by atoms with E-state index < -0.39 is 0 Å². The lowest BCUT2D eigenvalue weighted by atomic mass is 10.2. The predicted molar refractivity (Wildman–Crippen MR) is 124 cm³/mol. The number of hydrogen-bond donors (Lipinski definition) is 3. The fourth-order valence-electron chi connectivity index (χ4n) is 2.22. The van der Waals surface area contributed by atoms with Crippen LogP contribution in [0.4, 0.5) is 0 Å². The van der Waals surface area contributed by atoms with Gasteiger partial charge in [0.2, 0.25) is 0 Å². The molecule has 1 heterocycles. The molecule has 9 heteroatoms. The predicted octanol–water partition coefficient (Wildman–Crippen LogP) is 3.25. The average Bonchev–Trinajstić information content (AvgIpc) is 3.04. The summed E-state index contributed by atoms with van der Waals surface area (Å²) in [6.45, 7) is 6.54. The van der Waals surface area contributed by atoms with Crippen LogP contribution in [0.25, 0.3) is 0 Å². The molecule has 0 aliphatic heterocycles. The molecule has 148 valence electrons. The molecular formula is C18H25ClIN5OS. The highest BCUT2D eigenvalue weighted by Gasteiger charge is 2.08. The molecule has 0 bridgehead atoms. The summed E-state index contributed by atoms with van der Waals surface area (Å²) in [7, 11) is 0. The molecule has 0 saturated carbocycles. The minimum Gasteiger partial charge on any atom is -0.357 e. The van der Waals surface area contributed by atoms with E-state index in [1.54, 1.807) is 35.6 Å². The summed E-state index contributed by atoms with van der Waals surface area (Å²) >= 11 is 7.72. The van der Waals surface area contributed by atoms with Crippen molar-refractivity contribution in [2.45, 2.75) is 20.3 Å². The van der Waals surface area contributed by atoms with E-state index in [9.17, 15) is 4.79 Å². The standard InChI is InChI=1S/C18H24ClN5OS.HI/c1-3-20-18(22-9-8-16-24-12-13(2)26-16)23-11-10-21-17(25)14-6-4-5-7-15(14)19;/h4-7,12H,3,8-11H2,1-2H3,(H,21,25)(H2,20,22,23);1H. The molecule has 0 atom stereocenters. The molecule has 2 aromatic rings. The number of hydrogen-bond acceptors (Lipinski definition) is 4. The Morgan fingerprint density at radius 1 is 1.22 bits per heavy atom. The van der Waals surface area contributed by atoms with Crippen LogP contribution < -0.4 is 16.0 Å². The molecular weight excluding hydrogens is 497 g/mol. The average molecular weight is 522 g/mol.